The summed E-state index contributed by atoms with van der Waals surface area (Å²) in [4.78, 5) is 6.67. The van der Waals surface area contributed by atoms with Gasteiger partial charge in [-0.2, -0.15) is 0 Å². The Balaban J connectivity index is 1.62. The van der Waals surface area contributed by atoms with Crippen LogP contribution in [0.3, 0.4) is 0 Å². The molecule has 106 valence electrons. The molecule has 2 saturated heterocycles. The van der Waals surface area contributed by atoms with Crippen molar-refractivity contribution in [1.29, 1.82) is 0 Å². The number of fused-ring (bicyclic) bond motifs is 1. The van der Waals surface area contributed by atoms with Crippen molar-refractivity contribution in [3.63, 3.8) is 0 Å². The lowest BCUT2D eigenvalue weighted by Crippen LogP contribution is -2.54. The number of rotatable bonds is 3. The molecular formula is C14H24N4S. The van der Waals surface area contributed by atoms with Crippen LogP contribution in [0, 0.1) is 0 Å². The van der Waals surface area contributed by atoms with Gasteiger partial charge in [-0.25, -0.2) is 0 Å². The van der Waals surface area contributed by atoms with E-state index in [0.29, 0.717) is 5.92 Å². The predicted octanol–water partition coefficient (Wildman–Crippen LogP) is 2.33. The molecule has 0 spiro atoms. The smallest absolute Gasteiger partial charge is 0.0826 e. The van der Waals surface area contributed by atoms with Crippen molar-refractivity contribution < 1.29 is 0 Å². The van der Waals surface area contributed by atoms with Gasteiger partial charge in [0.05, 0.1) is 10.6 Å². The third-order valence-electron chi connectivity index (χ3n) is 4.42. The number of hydrogen-bond donors (Lipinski definition) is 0. The normalized spacial score (nSPS) is 25.7. The summed E-state index contributed by atoms with van der Waals surface area (Å²) >= 11 is 1.58. The number of piperidine rings is 1. The SMILES string of the molecule is CC(C)c1nnsc1CN1CCN2CCCC[C@H]2C1. The van der Waals surface area contributed by atoms with E-state index in [0.717, 1.165) is 12.6 Å². The molecule has 0 radical (unpaired) electrons. The summed E-state index contributed by atoms with van der Waals surface area (Å²) in [6.45, 7) is 10.5. The van der Waals surface area contributed by atoms with Gasteiger partial charge in [-0.15, -0.1) is 5.10 Å². The van der Waals surface area contributed by atoms with Gasteiger partial charge in [-0.3, -0.25) is 9.80 Å². The molecule has 1 atom stereocenters. The van der Waals surface area contributed by atoms with Crippen molar-refractivity contribution in [1.82, 2.24) is 19.4 Å². The minimum Gasteiger partial charge on any atom is -0.298 e. The van der Waals surface area contributed by atoms with Gasteiger partial charge in [0.15, 0.2) is 0 Å². The summed E-state index contributed by atoms with van der Waals surface area (Å²) in [5.74, 6) is 0.490. The fourth-order valence-electron chi connectivity index (χ4n) is 3.33. The maximum atomic E-state index is 4.29. The van der Waals surface area contributed by atoms with Crippen molar-refractivity contribution in [3.8, 4) is 0 Å². The van der Waals surface area contributed by atoms with Gasteiger partial charge in [0.1, 0.15) is 0 Å². The zero-order valence-electron chi connectivity index (χ0n) is 12.0. The molecule has 3 heterocycles. The lowest BCUT2D eigenvalue weighted by atomic mass is 9.99. The van der Waals surface area contributed by atoms with Crippen LogP contribution in [0.1, 0.15) is 49.6 Å². The molecule has 0 bridgehead atoms. The minimum atomic E-state index is 0.490. The van der Waals surface area contributed by atoms with Crippen LogP contribution in [-0.2, 0) is 6.54 Å². The van der Waals surface area contributed by atoms with E-state index in [1.54, 1.807) is 11.5 Å². The highest BCUT2D eigenvalue weighted by Gasteiger charge is 2.29. The Labute approximate surface area is 120 Å². The number of piperazine rings is 1. The van der Waals surface area contributed by atoms with E-state index in [1.807, 2.05) is 0 Å². The molecule has 2 fully saturated rings. The Kier molecular flexibility index (Phi) is 4.15. The third kappa shape index (κ3) is 2.98. The minimum absolute atomic E-state index is 0.490. The number of hydrogen-bond acceptors (Lipinski definition) is 5. The molecule has 19 heavy (non-hydrogen) atoms. The molecule has 0 saturated carbocycles. The van der Waals surface area contributed by atoms with E-state index in [4.69, 9.17) is 0 Å². The molecule has 0 aromatic carbocycles. The lowest BCUT2D eigenvalue weighted by Gasteiger charge is -2.44. The summed E-state index contributed by atoms with van der Waals surface area (Å²) in [6.07, 6.45) is 4.19. The Hall–Kier alpha value is -0.520. The van der Waals surface area contributed by atoms with Gasteiger partial charge in [0.25, 0.3) is 0 Å². The molecule has 1 aromatic rings. The zero-order valence-corrected chi connectivity index (χ0v) is 12.8. The molecule has 3 rings (SSSR count). The molecule has 0 aliphatic carbocycles. The van der Waals surface area contributed by atoms with Gasteiger partial charge < -0.3 is 0 Å². The van der Waals surface area contributed by atoms with Gasteiger partial charge in [0.2, 0.25) is 0 Å². The first-order valence-corrected chi connectivity index (χ1v) is 8.29. The summed E-state index contributed by atoms with van der Waals surface area (Å²) in [7, 11) is 0. The molecule has 4 nitrogen and oxygen atoms in total. The summed E-state index contributed by atoms with van der Waals surface area (Å²) in [5.41, 5.74) is 1.20. The van der Waals surface area contributed by atoms with Crippen molar-refractivity contribution in [2.24, 2.45) is 0 Å². The van der Waals surface area contributed by atoms with Gasteiger partial charge >= 0.3 is 0 Å². The lowest BCUT2D eigenvalue weighted by molar-refractivity contribution is 0.0460. The van der Waals surface area contributed by atoms with Crippen LogP contribution in [0.5, 0.6) is 0 Å². The highest BCUT2D eigenvalue weighted by atomic mass is 32.1. The summed E-state index contributed by atoms with van der Waals surface area (Å²) in [5, 5.41) is 4.29. The first kappa shape index (κ1) is 13.5. The van der Waals surface area contributed by atoms with Gasteiger partial charge in [0, 0.05) is 32.2 Å². The van der Waals surface area contributed by atoms with Gasteiger partial charge in [-0.1, -0.05) is 24.8 Å². The molecule has 2 aliphatic heterocycles. The highest BCUT2D eigenvalue weighted by Crippen LogP contribution is 2.25. The Bertz CT molecular complexity index is 417. The first-order chi connectivity index (χ1) is 9.24. The number of nitrogens with zero attached hydrogens (tertiary/aromatic N) is 4. The van der Waals surface area contributed by atoms with Crippen LogP contribution >= 0.6 is 11.5 Å². The van der Waals surface area contributed by atoms with Crippen molar-refractivity contribution >= 4 is 11.5 Å². The largest absolute Gasteiger partial charge is 0.298 e. The van der Waals surface area contributed by atoms with Crippen LogP contribution in [0.15, 0.2) is 0 Å². The van der Waals surface area contributed by atoms with Crippen LogP contribution in [0.2, 0.25) is 0 Å². The molecule has 0 amide bonds. The third-order valence-corrected chi connectivity index (χ3v) is 5.14. The number of aromatic nitrogens is 2. The quantitative estimate of drug-likeness (QED) is 0.850. The van der Waals surface area contributed by atoms with E-state index in [2.05, 4.69) is 33.2 Å². The maximum Gasteiger partial charge on any atom is 0.0826 e. The van der Waals surface area contributed by atoms with Crippen LogP contribution in [-0.4, -0.2) is 51.6 Å². The fraction of sp³-hybridized carbons (Fsp3) is 0.857. The van der Waals surface area contributed by atoms with Crippen LogP contribution < -0.4 is 0 Å². The molecule has 2 aliphatic rings. The van der Waals surface area contributed by atoms with E-state index in [9.17, 15) is 0 Å². The van der Waals surface area contributed by atoms with Crippen LogP contribution in [0.4, 0.5) is 0 Å². The van der Waals surface area contributed by atoms with Crippen molar-refractivity contribution in [2.45, 2.75) is 51.6 Å². The van der Waals surface area contributed by atoms with Crippen molar-refractivity contribution in [2.75, 3.05) is 26.2 Å². The molecular weight excluding hydrogens is 256 g/mol. The van der Waals surface area contributed by atoms with E-state index in [-0.39, 0.29) is 0 Å². The molecule has 0 N–H and O–H groups in total. The van der Waals surface area contributed by atoms with Crippen molar-refractivity contribution in [3.05, 3.63) is 10.6 Å². The zero-order chi connectivity index (χ0) is 13.2. The molecule has 0 unspecified atom stereocenters. The predicted molar refractivity (Wildman–Crippen MR) is 78.5 cm³/mol. The van der Waals surface area contributed by atoms with Crippen LogP contribution in [0.25, 0.3) is 0 Å². The molecule has 5 heteroatoms. The summed E-state index contributed by atoms with van der Waals surface area (Å²) < 4.78 is 4.14. The average molecular weight is 280 g/mol. The Morgan fingerprint density at radius 1 is 1.26 bits per heavy atom. The first-order valence-electron chi connectivity index (χ1n) is 7.51. The fourth-order valence-corrected chi connectivity index (χ4v) is 4.17. The Morgan fingerprint density at radius 2 is 2.16 bits per heavy atom. The van der Waals surface area contributed by atoms with E-state index >= 15 is 0 Å². The topological polar surface area (TPSA) is 32.3 Å². The highest BCUT2D eigenvalue weighted by molar-refractivity contribution is 7.05. The second-order valence-corrected chi connectivity index (χ2v) is 7.00. The standard InChI is InChI=1S/C14H24N4S/c1-11(2)14-13(19-16-15-14)10-17-7-8-18-6-4-3-5-12(18)9-17/h11-12H,3-10H2,1-2H3/t12-/m0/s1. The molecule has 1 aromatic heterocycles. The monoisotopic (exact) mass is 280 g/mol. The maximum absolute atomic E-state index is 4.29. The second kappa shape index (κ2) is 5.85. The van der Waals surface area contributed by atoms with E-state index < -0.39 is 0 Å². The Morgan fingerprint density at radius 3 is 3.00 bits per heavy atom. The summed E-state index contributed by atoms with van der Waals surface area (Å²) in [6, 6.07) is 0.797. The van der Waals surface area contributed by atoms with E-state index in [1.165, 1.54) is 56.0 Å². The van der Waals surface area contributed by atoms with Gasteiger partial charge in [-0.05, 0) is 36.8 Å². The second-order valence-electron chi connectivity index (χ2n) is 6.16. The average Bonchev–Trinajstić information content (AvgIpc) is 2.87.